The average Bonchev–Trinajstić information content (AvgIpc) is 2.97. The number of anilines is 2. The number of nitrogens with zero attached hydrogens (tertiary/aromatic N) is 1. The van der Waals surface area contributed by atoms with Crippen molar-refractivity contribution < 1.29 is 23.1 Å². The second-order valence-corrected chi connectivity index (χ2v) is 5.69. The molecule has 7 heteroatoms. The van der Waals surface area contributed by atoms with Crippen LogP contribution in [0.1, 0.15) is 6.42 Å². The summed E-state index contributed by atoms with van der Waals surface area (Å²) in [4.78, 5) is 25.5. The Morgan fingerprint density at radius 3 is 2.40 bits per heavy atom. The van der Waals surface area contributed by atoms with Crippen molar-refractivity contribution in [1.29, 1.82) is 0 Å². The normalized spacial score (nSPS) is 16.8. The molecule has 0 aliphatic carbocycles. The highest BCUT2D eigenvalue weighted by atomic mass is 19.1. The highest BCUT2D eigenvalue weighted by Crippen LogP contribution is 2.30. The molecule has 0 radical (unpaired) electrons. The van der Waals surface area contributed by atoms with Crippen LogP contribution in [0.15, 0.2) is 42.5 Å². The first kappa shape index (κ1) is 16.9. The summed E-state index contributed by atoms with van der Waals surface area (Å²) in [6, 6.07) is 10.1. The van der Waals surface area contributed by atoms with Gasteiger partial charge in [-0.05, 0) is 36.4 Å². The number of rotatable bonds is 4. The van der Waals surface area contributed by atoms with E-state index in [9.17, 15) is 18.4 Å². The molecule has 1 aliphatic heterocycles. The molecule has 25 heavy (non-hydrogen) atoms. The van der Waals surface area contributed by atoms with E-state index in [0.717, 1.165) is 17.0 Å². The fourth-order valence-electron chi connectivity index (χ4n) is 2.76. The van der Waals surface area contributed by atoms with Crippen molar-refractivity contribution in [3.63, 3.8) is 0 Å². The topological polar surface area (TPSA) is 58.6 Å². The summed E-state index contributed by atoms with van der Waals surface area (Å²) in [6.07, 6.45) is -0.101. The molecule has 0 bridgehead atoms. The lowest BCUT2D eigenvalue weighted by atomic mass is 10.1. The molecule has 3 rings (SSSR count). The van der Waals surface area contributed by atoms with E-state index < -0.39 is 29.1 Å². The van der Waals surface area contributed by atoms with Crippen LogP contribution < -0.4 is 15.0 Å². The first-order valence-electron chi connectivity index (χ1n) is 7.69. The van der Waals surface area contributed by atoms with E-state index in [4.69, 9.17) is 4.74 Å². The van der Waals surface area contributed by atoms with Crippen LogP contribution >= 0.6 is 0 Å². The quantitative estimate of drug-likeness (QED) is 0.926. The van der Waals surface area contributed by atoms with Gasteiger partial charge in [-0.15, -0.1) is 0 Å². The molecule has 0 spiro atoms. The van der Waals surface area contributed by atoms with Gasteiger partial charge < -0.3 is 15.0 Å². The number of para-hydroxylation sites is 1. The molecule has 1 fully saturated rings. The summed E-state index contributed by atoms with van der Waals surface area (Å²) < 4.78 is 32.8. The van der Waals surface area contributed by atoms with Gasteiger partial charge in [0.1, 0.15) is 23.1 Å². The van der Waals surface area contributed by atoms with Gasteiger partial charge in [0.2, 0.25) is 11.8 Å². The summed E-state index contributed by atoms with van der Waals surface area (Å²) in [5.74, 6) is -2.56. The highest BCUT2D eigenvalue weighted by Gasteiger charge is 2.37. The Labute approximate surface area is 143 Å². The van der Waals surface area contributed by atoms with E-state index in [0.29, 0.717) is 11.4 Å². The number of carbonyl (C=O) groups excluding carboxylic acids is 2. The molecule has 130 valence electrons. The number of benzene rings is 2. The zero-order chi connectivity index (χ0) is 18.0. The van der Waals surface area contributed by atoms with Crippen molar-refractivity contribution in [2.45, 2.75) is 6.42 Å². The van der Waals surface area contributed by atoms with Gasteiger partial charge in [0.25, 0.3) is 0 Å². The second-order valence-electron chi connectivity index (χ2n) is 5.69. The first-order chi connectivity index (χ1) is 12.0. The van der Waals surface area contributed by atoms with Crippen molar-refractivity contribution in [1.82, 2.24) is 0 Å². The lowest BCUT2D eigenvalue weighted by Crippen LogP contribution is -2.29. The second kappa shape index (κ2) is 6.88. The van der Waals surface area contributed by atoms with Crippen molar-refractivity contribution in [2.24, 2.45) is 5.92 Å². The van der Waals surface area contributed by atoms with Crippen LogP contribution in [0, 0.1) is 17.6 Å². The number of ether oxygens (including phenoxy) is 1. The fourth-order valence-corrected chi connectivity index (χ4v) is 2.76. The van der Waals surface area contributed by atoms with Gasteiger partial charge in [-0.25, -0.2) is 8.78 Å². The Kier molecular flexibility index (Phi) is 4.65. The number of methoxy groups -OCH3 is 1. The van der Waals surface area contributed by atoms with Gasteiger partial charge >= 0.3 is 0 Å². The third-order valence-corrected chi connectivity index (χ3v) is 4.06. The average molecular weight is 346 g/mol. The predicted octanol–water partition coefficient (Wildman–Crippen LogP) is 2.97. The maximum Gasteiger partial charge on any atom is 0.229 e. The molecular formula is C18H16F2N2O3. The molecule has 1 heterocycles. The van der Waals surface area contributed by atoms with E-state index in [1.807, 2.05) is 0 Å². The summed E-state index contributed by atoms with van der Waals surface area (Å²) in [6.45, 7) is -0.0708. The van der Waals surface area contributed by atoms with Crippen molar-refractivity contribution in [2.75, 3.05) is 23.9 Å². The van der Waals surface area contributed by atoms with Gasteiger partial charge in [0, 0.05) is 18.7 Å². The molecule has 2 aromatic carbocycles. The minimum atomic E-state index is -0.829. The zero-order valence-electron chi connectivity index (χ0n) is 13.5. The predicted molar refractivity (Wildman–Crippen MR) is 88.4 cm³/mol. The smallest absolute Gasteiger partial charge is 0.229 e. The van der Waals surface area contributed by atoms with Gasteiger partial charge in [-0.1, -0.05) is 6.07 Å². The van der Waals surface area contributed by atoms with Crippen LogP contribution in [0.5, 0.6) is 5.75 Å². The van der Waals surface area contributed by atoms with E-state index in [1.165, 1.54) is 13.2 Å². The van der Waals surface area contributed by atoms with Crippen LogP contribution in [0.4, 0.5) is 20.2 Å². The molecule has 2 aromatic rings. The summed E-state index contributed by atoms with van der Waals surface area (Å²) in [7, 11) is 1.54. The fraction of sp³-hybridized carbons (Fsp3) is 0.222. The summed E-state index contributed by atoms with van der Waals surface area (Å²) in [5.41, 5.74) is 0.140. The van der Waals surface area contributed by atoms with Gasteiger partial charge in [0.15, 0.2) is 0 Å². The standard InChI is InChI=1S/C18H16F2N2O3/c1-25-13-7-5-12(6-8-13)21-18(24)11-9-16(23)22(10-11)17-14(19)3-2-4-15(17)20/h2-8,11H,9-10H2,1H3,(H,21,24). The highest BCUT2D eigenvalue weighted by molar-refractivity contribution is 6.03. The van der Waals surface area contributed by atoms with Crippen LogP contribution in [-0.2, 0) is 9.59 Å². The van der Waals surface area contributed by atoms with Crippen molar-refractivity contribution in [3.05, 3.63) is 54.1 Å². The molecule has 1 unspecified atom stereocenters. The van der Waals surface area contributed by atoms with Crippen LogP contribution in [0.3, 0.4) is 0 Å². The molecule has 5 nitrogen and oxygen atoms in total. The third-order valence-electron chi connectivity index (χ3n) is 4.06. The van der Waals surface area contributed by atoms with Gasteiger partial charge in [0.05, 0.1) is 13.0 Å². The maximum atomic E-state index is 13.9. The molecule has 2 amide bonds. The molecular weight excluding hydrogens is 330 g/mol. The molecule has 0 aromatic heterocycles. The largest absolute Gasteiger partial charge is 0.497 e. The third kappa shape index (κ3) is 3.45. The number of hydrogen-bond donors (Lipinski definition) is 1. The molecule has 1 saturated heterocycles. The Bertz CT molecular complexity index is 788. The molecule has 1 atom stereocenters. The van der Waals surface area contributed by atoms with E-state index >= 15 is 0 Å². The van der Waals surface area contributed by atoms with E-state index in [-0.39, 0.29) is 18.9 Å². The van der Waals surface area contributed by atoms with E-state index in [1.54, 1.807) is 24.3 Å². The molecule has 1 aliphatic rings. The molecule has 1 N–H and O–H groups in total. The van der Waals surface area contributed by atoms with Crippen molar-refractivity contribution >= 4 is 23.2 Å². The maximum absolute atomic E-state index is 13.9. The van der Waals surface area contributed by atoms with Gasteiger partial charge in [-0.2, -0.15) is 0 Å². The number of nitrogens with one attached hydrogen (secondary N) is 1. The Morgan fingerprint density at radius 1 is 1.16 bits per heavy atom. The SMILES string of the molecule is COc1ccc(NC(=O)C2CC(=O)N(c3c(F)cccc3F)C2)cc1. The van der Waals surface area contributed by atoms with Crippen LogP contribution in [0.25, 0.3) is 0 Å². The first-order valence-corrected chi connectivity index (χ1v) is 7.69. The number of amides is 2. The zero-order valence-corrected chi connectivity index (χ0v) is 13.5. The number of halogens is 2. The summed E-state index contributed by atoms with van der Waals surface area (Å²) in [5, 5.41) is 2.70. The van der Waals surface area contributed by atoms with Crippen LogP contribution in [0.2, 0.25) is 0 Å². The monoisotopic (exact) mass is 346 g/mol. The lowest BCUT2D eigenvalue weighted by Gasteiger charge is -2.18. The summed E-state index contributed by atoms with van der Waals surface area (Å²) >= 11 is 0. The number of hydrogen-bond acceptors (Lipinski definition) is 3. The minimum absolute atomic E-state index is 0.0708. The Hall–Kier alpha value is -2.96. The lowest BCUT2D eigenvalue weighted by molar-refractivity contribution is -0.122. The van der Waals surface area contributed by atoms with Crippen molar-refractivity contribution in [3.8, 4) is 5.75 Å². The Morgan fingerprint density at radius 2 is 1.80 bits per heavy atom. The number of carbonyl (C=O) groups is 2. The molecule has 0 saturated carbocycles. The van der Waals surface area contributed by atoms with E-state index in [2.05, 4.69) is 5.32 Å². The van der Waals surface area contributed by atoms with Crippen LogP contribution in [-0.4, -0.2) is 25.5 Å². The minimum Gasteiger partial charge on any atom is -0.497 e. The van der Waals surface area contributed by atoms with Gasteiger partial charge in [-0.3, -0.25) is 9.59 Å². The Balaban J connectivity index is 1.72.